The van der Waals surface area contributed by atoms with Crippen molar-refractivity contribution in [1.82, 2.24) is 9.97 Å². The first-order chi connectivity index (χ1) is 11.1. The van der Waals surface area contributed by atoms with Crippen LogP contribution in [0.25, 0.3) is 0 Å². The number of hydrogen-bond acceptors (Lipinski definition) is 5. The first-order valence-electron chi connectivity index (χ1n) is 7.73. The van der Waals surface area contributed by atoms with Gasteiger partial charge in [-0.2, -0.15) is 0 Å². The molecule has 1 aromatic carbocycles. The molecule has 0 saturated carbocycles. The van der Waals surface area contributed by atoms with Crippen LogP contribution < -0.4 is 9.47 Å². The summed E-state index contributed by atoms with van der Waals surface area (Å²) in [5, 5.41) is 0. The predicted octanol–water partition coefficient (Wildman–Crippen LogP) is 3.41. The Kier molecular flexibility index (Phi) is 6.35. The first-order valence-corrected chi connectivity index (χ1v) is 7.73. The number of methoxy groups -OCH3 is 2. The molecule has 0 fully saturated rings. The Bertz CT molecular complexity index is 615. The fraction of sp³-hybridized carbons (Fsp3) is 0.444. The molecule has 0 spiro atoms. The standard InChI is InChI=1S/C18H24N2O3/c1-13(2)10-15-18(23-11-14-8-6-5-7-9-14)20-16(12-21-3)17(19-15)22-4/h5-9,13H,10-12H2,1-4H3. The third kappa shape index (κ3) is 4.93. The third-order valence-electron chi connectivity index (χ3n) is 3.26. The van der Waals surface area contributed by atoms with Gasteiger partial charge in [-0.05, 0) is 17.9 Å². The van der Waals surface area contributed by atoms with Gasteiger partial charge in [0, 0.05) is 7.11 Å². The maximum atomic E-state index is 5.93. The van der Waals surface area contributed by atoms with Gasteiger partial charge in [0.1, 0.15) is 18.0 Å². The highest BCUT2D eigenvalue weighted by Crippen LogP contribution is 2.25. The molecule has 0 saturated heterocycles. The van der Waals surface area contributed by atoms with Gasteiger partial charge in [-0.15, -0.1) is 0 Å². The average molecular weight is 316 g/mol. The van der Waals surface area contributed by atoms with E-state index in [0.29, 0.717) is 36.6 Å². The van der Waals surface area contributed by atoms with Crippen LogP contribution in [-0.4, -0.2) is 24.2 Å². The molecular weight excluding hydrogens is 292 g/mol. The lowest BCUT2D eigenvalue weighted by Crippen LogP contribution is -2.10. The Morgan fingerprint density at radius 3 is 2.22 bits per heavy atom. The van der Waals surface area contributed by atoms with Crippen molar-refractivity contribution in [3.63, 3.8) is 0 Å². The highest BCUT2D eigenvalue weighted by atomic mass is 16.5. The third-order valence-corrected chi connectivity index (χ3v) is 3.26. The van der Waals surface area contributed by atoms with Crippen LogP contribution in [-0.2, 0) is 24.4 Å². The first kappa shape index (κ1) is 17.2. The fourth-order valence-electron chi connectivity index (χ4n) is 2.23. The predicted molar refractivity (Wildman–Crippen MR) is 88.6 cm³/mol. The van der Waals surface area contributed by atoms with E-state index in [1.54, 1.807) is 14.2 Å². The van der Waals surface area contributed by atoms with Crippen LogP contribution in [0.4, 0.5) is 0 Å². The number of ether oxygens (including phenoxy) is 3. The molecule has 0 atom stereocenters. The topological polar surface area (TPSA) is 53.5 Å². The number of hydrogen-bond donors (Lipinski definition) is 0. The molecule has 124 valence electrons. The lowest BCUT2D eigenvalue weighted by molar-refractivity contribution is 0.174. The summed E-state index contributed by atoms with van der Waals surface area (Å²) < 4.78 is 16.4. The van der Waals surface area contributed by atoms with E-state index in [4.69, 9.17) is 14.2 Å². The Morgan fingerprint density at radius 1 is 0.913 bits per heavy atom. The molecule has 5 nitrogen and oxygen atoms in total. The van der Waals surface area contributed by atoms with Gasteiger partial charge in [0.15, 0.2) is 0 Å². The van der Waals surface area contributed by atoms with Gasteiger partial charge < -0.3 is 14.2 Å². The molecule has 2 rings (SSSR count). The monoisotopic (exact) mass is 316 g/mol. The molecule has 0 aliphatic heterocycles. The lowest BCUT2D eigenvalue weighted by atomic mass is 10.1. The Labute approximate surface area is 137 Å². The van der Waals surface area contributed by atoms with Crippen molar-refractivity contribution >= 4 is 0 Å². The molecule has 5 heteroatoms. The molecule has 0 bridgehead atoms. The van der Waals surface area contributed by atoms with Crippen LogP contribution in [0.2, 0.25) is 0 Å². The molecule has 2 aromatic rings. The minimum atomic E-state index is 0.333. The van der Waals surface area contributed by atoms with E-state index in [-0.39, 0.29) is 0 Å². The molecule has 0 aliphatic rings. The van der Waals surface area contributed by atoms with Crippen LogP contribution in [0.15, 0.2) is 30.3 Å². The molecule has 0 radical (unpaired) electrons. The average Bonchev–Trinajstić information content (AvgIpc) is 2.55. The molecule has 1 aromatic heterocycles. The van der Waals surface area contributed by atoms with Crippen LogP contribution in [0.5, 0.6) is 11.8 Å². The lowest BCUT2D eigenvalue weighted by Gasteiger charge is -2.15. The van der Waals surface area contributed by atoms with Crippen LogP contribution in [0.1, 0.15) is 30.8 Å². The maximum Gasteiger partial charge on any atom is 0.238 e. The zero-order valence-electron chi connectivity index (χ0n) is 14.2. The minimum absolute atomic E-state index is 0.333. The number of nitrogens with zero attached hydrogens (tertiary/aromatic N) is 2. The second-order valence-corrected chi connectivity index (χ2v) is 5.74. The molecule has 0 unspecified atom stereocenters. The summed E-state index contributed by atoms with van der Waals surface area (Å²) in [7, 11) is 3.21. The van der Waals surface area contributed by atoms with Crippen molar-refractivity contribution in [3.8, 4) is 11.8 Å². The SMILES string of the molecule is COCc1nc(OCc2ccccc2)c(CC(C)C)nc1OC. The smallest absolute Gasteiger partial charge is 0.238 e. The zero-order chi connectivity index (χ0) is 16.7. The number of rotatable bonds is 8. The van der Waals surface area contributed by atoms with Gasteiger partial charge in [0.25, 0.3) is 0 Å². The van der Waals surface area contributed by atoms with Gasteiger partial charge in [-0.3, -0.25) is 0 Å². The normalized spacial score (nSPS) is 10.8. The summed E-state index contributed by atoms with van der Waals surface area (Å²) in [5.74, 6) is 1.49. The summed E-state index contributed by atoms with van der Waals surface area (Å²) in [4.78, 5) is 9.14. The second kappa shape index (κ2) is 8.48. The van der Waals surface area contributed by atoms with E-state index < -0.39 is 0 Å². The van der Waals surface area contributed by atoms with Crippen molar-refractivity contribution in [3.05, 3.63) is 47.3 Å². The minimum Gasteiger partial charge on any atom is -0.480 e. The van der Waals surface area contributed by atoms with E-state index >= 15 is 0 Å². The quantitative estimate of drug-likeness (QED) is 0.747. The van der Waals surface area contributed by atoms with Crippen LogP contribution in [0, 0.1) is 5.92 Å². The van der Waals surface area contributed by atoms with Crippen molar-refractivity contribution in [1.29, 1.82) is 0 Å². The van der Waals surface area contributed by atoms with Crippen molar-refractivity contribution < 1.29 is 14.2 Å². The van der Waals surface area contributed by atoms with E-state index in [1.165, 1.54) is 0 Å². The zero-order valence-corrected chi connectivity index (χ0v) is 14.2. The van der Waals surface area contributed by atoms with Crippen LogP contribution in [0.3, 0.4) is 0 Å². The van der Waals surface area contributed by atoms with Gasteiger partial charge in [0.2, 0.25) is 11.8 Å². The Morgan fingerprint density at radius 2 is 1.61 bits per heavy atom. The van der Waals surface area contributed by atoms with Gasteiger partial charge >= 0.3 is 0 Å². The number of benzene rings is 1. The van der Waals surface area contributed by atoms with Gasteiger partial charge in [-0.25, -0.2) is 9.97 Å². The van der Waals surface area contributed by atoms with Crippen molar-refractivity contribution in [2.75, 3.05) is 14.2 Å². The summed E-state index contributed by atoms with van der Waals surface area (Å²) in [6.45, 7) is 5.07. The summed E-state index contributed by atoms with van der Waals surface area (Å²) in [5.41, 5.74) is 2.55. The number of aromatic nitrogens is 2. The second-order valence-electron chi connectivity index (χ2n) is 5.74. The highest BCUT2D eigenvalue weighted by Gasteiger charge is 2.16. The molecule has 23 heavy (non-hydrogen) atoms. The summed E-state index contributed by atoms with van der Waals surface area (Å²) in [6.07, 6.45) is 0.779. The van der Waals surface area contributed by atoms with Crippen LogP contribution >= 0.6 is 0 Å². The van der Waals surface area contributed by atoms with E-state index in [1.807, 2.05) is 30.3 Å². The molecule has 0 aliphatic carbocycles. The molecule has 0 amide bonds. The maximum absolute atomic E-state index is 5.93. The van der Waals surface area contributed by atoms with Gasteiger partial charge in [-0.1, -0.05) is 44.2 Å². The van der Waals surface area contributed by atoms with E-state index in [0.717, 1.165) is 17.7 Å². The largest absolute Gasteiger partial charge is 0.480 e. The summed E-state index contributed by atoms with van der Waals surface area (Å²) >= 11 is 0. The summed E-state index contributed by atoms with van der Waals surface area (Å²) in [6, 6.07) is 10.0. The Balaban J connectivity index is 2.27. The van der Waals surface area contributed by atoms with E-state index in [2.05, 4.69) is 23.8 Å². The van der Waals surface area contributed by atoms with Crippen molar-refractivity contribution in [2.45, 2.75) is 33.5 Å². The molecular formula is C18H24N2O3. The molecule has 1 heterocycles. The van der Waals surface area contributed by atoms with Gasteiger partial charge in [0.05, 0.1) is 13.7 Å². The Hall–Kier alpha value is -2.14. The fourth-order valence-corrected chi connectivity index (χ4v) is 2.23. The highest BCUT2D eigenvalue weighted by molar-refractivity contribution is 5.29. The van der Waals surface area contributed by atoms with Crippen molar-refractivity contribution in [2.24, 2.45) is 5.92 Å². The van der Waals surface area contributed by atoms with E-state index in [9.17, 15) is 0 Å². The molecule has 0 N–H and O–H groups in total.